The molecule has 0 aromatic heterocycles. The van der Waals surface area contributed by atoms with Gasteiger partial charge in [-0.25, -0.2) is 4.39 Å². The predicted molar refractivity (Wildman–Crippen MR) is 56.4 cm³/mol. The number of halogens is 1. The van der Waals surface area contributed by atoms with Crippen LogP contribution in [0.15, 0.2) is 17.4 Å². The topological polar surface area (TPSA) is 49.7 Å². The van der Waals surface area contributed by atoms with E-state index in [4.69, 9.17) is 17.7 Å². The molecule has 0 heterocycles. The van der Waals surface area contributed by atoms with Gasteiger partial charge in [0.1, 0.15) is 20.1 Å². The molecular weight excluding hydrogens is 198 g/mol. The first-order valence-corrected chi connectivity index (χ1v) is 4.67. The van der Waals surface area contributed by atoms with E-state index in [0.29, 0.717) is 0 Å². The Morgan fingerprint density at radius 2 is 2.20 bits per heavy atom. The van der Waals surface area contributed by atoms with Crippen LogP contribution >= 0.6 is 0 Å². The van der Waals surface area contributed by atoms with Gasteiger partial charge >= 0.3 is 0 Å². The summed E-state index contributed by atoms with van der Waals surface area (Å²) in [4.78, 5) is 0. The number of aliphatic hydroxyl groups excluding tert-OH is 2. The molecule has 0 rings (SSSR count). The second kappa shape index (κ2) is 7.66. The van der Waals surface area contributed by atoms with Crippen LogP contribution in [0, 0.1) is 0 Å². The van der Waals surface area contributed by atoms with Crippen molar-refractivity contribution in [3.8, 4) is 0 Å². The fourth-order valence-corrected chi connectivity index (χ4v) is 0.933. The summed E-state index contributed by atoms with van der Waals surface area (Å²) in [7, 11) is 5.07. The third-order valence-electron chi connectivity index (χ3n) is 1.73. The Balaban J connectivity index is 4.40. The van der Waals surface area contributed by atoms with Gasteiger partial charge in [-0.15, -0.1) is 5.73 Å². The van der Waals surface area contributed by atoms with Crippen molar-refractivity contribution in [2.45, 2.75) is 32.2 Å². The molecule has 5 heteroatoms. The average Bonchev–Trinajstić information content (AvgIpc) is 2.21. The number of hydrogen-bond donors (Lipinski definition) is 2. The molecule has 0 bridgehead atoms. The minimum atomic E-state index is -1.64. The molecule has 0 amide bonds. The van der Waals surface area contributed by atoms with Gasteiger partial charge in [-0.2, -0.15) is 0 Å². The summed E-state index contributed by atoms with van der Waals surface area (Å²) in [6.45, 7) is 2.85. The monoisotopic (exact) mass is 214 g/mol. The Hall–Kier alpha value is -0.605. The Bertz CT molecular complexity index is 235. The summed E-state index contributed by atoms with van der Waals surface area (Å²) >= 11 is 0. The Morgan fingerprint density at radius 1 is 1.60 bits per heavy atom. The summed E-state index contributed by atoms with van der Waals surface area (Å²) in [6.07, 6.45) is -2.99. The zero-order valence-electron chi connectivity index (χ0n) is 8.98. The molecule has 0 saturated carbocycles. The number of rotatable bonds is 6. The Morgan fingerprint density at radius 3 is 2.60 bits per heavy atom. The van der Waals surface area contributed by atoms with Crippen LogP contribution in [0.3, 0.4) is 0 Å². The van der Waals surface area contributed by atoms with Crippen molar-refractivity contribution in [1.82, 2.24) is 0 Å². The molecule has 15 heavy (non-hydrogen) atoms. The van der Waals surface area contributed by atoms with Crippen molar-refractivity contribution in [2.24, 2.45) is 0 Å². The van der Waals surface area contributed by atoms with Gasteiger partial charge in [0.15, 0.2) is 6.17 Å². The minimum Gasteiger partial charge on any atom is -0.394 e. The SMILES string of the molecule is [B]CO[C@H](CO)C(O)C(F)C=C=C(C)C. The molecule has 0 aromatic rings. The molecule has 3 atom stereocenters. The minimum absolute atomic E-state index is 0.179. The molecule has 0 aromatic carbocycles. The van der Waals surface area contributed by atoms with E-state index in [0.717, 1.165) is 11.6 Å². The van der Waals surface area contributed by atoms with Gasteiger partial charge in [-0.1, -0.05) is 0 Å². The first-order chi connectivity index (χ1) is 7.02. The van der Waals surface area contributed by atoms with Crippen molar-refractivity contribution in [3.63, 3.8) is 0 Å². The zero-order valence-corrected chi connectivity index (χ0v) is 8.98. The first-order valence-electron chi connectivity index (χ1n) is 4.67. The second-order valence-corrected chi connectivity index (χ2v) is 3.30. The van der Waals surface area contributed by atoms with E-state index in [2.05, 4.69) is 5.73 Å². The molecule has 84 valence electrons. The zero-order chi connectivity index (χ0) is 11.8. The molecule has 0 spiro atoms. The number of ether oxygens (including phenoxy) is 1. The molecule has 0 aliphatic heterocycles. The molecule has 2 radical (unpaired) electrons. The summed E-state index contributed by atoms with van der Waals surface area (Å²) in [6, 6.07) is 0. The van der Waals surface area contributed by atoms with E-state index in [1.165, 1.54) is 0 Å². The van der Waals surface area contributed by atoms with Crippen molar-refractivity contribution < 1.29 is 19.3 Å². The highest BCUT2D eigenvalue weighted by molar-refractivity contribution is 6.08. The lowest BCUT2D eigenvalue weighted by Gasteiger charge is -2.21. The van der Waals surface area contributed by atoms with Gasteiger partial charge < -0.3 is 14.9 Å². The van der Waals surface area contributed by atoms with E-state index < -0.39 is 25.0 Å². The average molecular weight is 214 g/mol. The van der Waals surface area contributed by atoms with Gasteiger partial charge in [-0.05, 0) is 25.5 Å². The van der Waals surface area contributed by atoms with Crippen LogP contribution < -0.4 is 0 Å². The van der Waals surface area contributed by atoms with E-state index in [1.807, 2.05) is 0 Å². The lowest BCUT2D eigenvalue weighted by molar-refractivity contribution is -0.0687. The molecule has 0 fully saturated rings. The van der Waals surface area contributed by atoms with Gasteiger partial charge in [0, 0.05) is 6.51 Å². The highest BCUT2D eigenvalue weighted by Crippen LogP contribution is 2.08. The normalized spacial score (nSPS) is 16.3. The molecule has 0 saturated heterocycles. The third-order valence-corrected chi connectivity index (χ3v) is 1.73. The predicted octanol–water partition coefficient (Wildman–Crippen LogP) is 0.310. The van der Waals surface area contributed by atoms with E-state index >= 15 is 0 Å². The van der Waals surface area contributed by atoms with E-state index in [1.54, 1.807) is 13.8 Å². The highest BCUT2D eigenvalue weighted by atomic mass is 19.1. The maximum Gasteiger partial charge on any atom is 0.154 e. The number of alkyl halides is 1. The fourth-order valence-electron chi connectivity index (χ4n) is 0.933. The number of hydrogen-bond acceptors (Lipinski definition) is 3. The first kappa shape index (κ1) is 14.4. The van der Waals surface area contributed by atoms with Crippen LogP contribution in [0.1, 0.15) is 13.8 Å². The summed E-state index contributed by atoms with van der Waals surface area (Å²) in [5.74, 6) is 0. The Kier molecular flexibility index (Phi) is 7.35. The third kappa shape index (κ3) is 5.75. The smallest absolute Gasteiger partial charge is 0.154 e. The molecular formula is C10H16BFO3. The van der Waals surface area contributed by atoms with Crippen molar-refractivity contribution >= 4 is 7.85 Å². The highest BCUT2D eigenvalue weighted by Gasteiger charge is 2.25. The molecule has 0 aliphatic rings. The van der Waals surface area contributed by atoms with Gasteiger partial charge in [0.05, 0.1) is 6.61 Å². The second-order valence-electron chi connectivity index (χ2n) is 3.30. The molecule has 3 nitrogen and oxygen atoms in total. The van der Waals surface area contributed by atoms with Gasteiger partial charge in [0.25, 0.3) is 0 Å². The van der Waals surface area contributed by atoms with Crippen LogP contribution in [-0.2, 0) is 4.74 Å². The van der Waals surface area contributed by atoms with Gasteiger partial charge in [0.2, 0.25) is 0 Å². The lowest BCUT2D eigenvalue weighted by atomic mass is 10.1. The summed E-state index contributed by atoms with van der Waals surface area (Å²) in [5.41, 5.74) is 3.43. The van der Waals surface area contributed by atoms with Crippen LogP contribution in [0.2, 0.25) is 0 Å². The van der Waals surface area contributed by atoms with Crippen molar-refractivity contribution in [1.29, 1.82) is 0 Å². The fraction of sp³-hybridized carbons (Fsp3) is 0.700. The molecule has 2 N–H and O–H groups in total. The van der Waals surface area contributed by atoms with Crippen molar-refractivity contribution in [3.05, 3.63) is 17.4 Å². The molecule has 0 aliphatic carbocycles. The Labute approximate surface area is 90.7 Å². The van der Waals surface area contributed by atoms with Crippen LogP contribution in [0.4, 0.5) is 4.39 Å². The quantitative estimate of drug-likeness (QED) is 0.494. The lowest BCUT2D eigenvalue weighted by Crippen LogP contribution is -2.38. The van der Waals surface area contributed by atoms with Crippen LogP contribution in [0.25, 0.3) is 0 Å². The maximum atomic E-state index is 13.3. The maximum absolute atomic E-state index is 13.3. The van der Waals surface area contributed by atoms with Gasteiger partial charge in [-0.3, -0.25) is 0 Å². The molecule has 2 unspecified atom stereocenters. The van der Waals surface area contributed by atoms with Crippen LogP contribution in [-0.4, -0.2) is 49.6 Å². The standard InChI is InChI=1S/C10H16BFO3/c1-7(2)3-4-8(12)10(14)9(5-13)15-6-11/h4,8-10,13-14H,5-6H2,1-2H3/t8?,9-,10?/m1/s1. The summed E-state index contributed by atoms with van der Waals surface area (Å²) < 4.78 is 18.1. The summed E-state index contributed by atoms with van der Waals surface area (Å²) in [5, 5.41) is 18.2. The van der Waals surface area contributed by atoms with E-state index in [-0.39, 0.29) is 6.51 Å². The van der Waals surface area contributed by atoms with Crippen molar-refractivity contribution in [2.75, 3.05) is 13.1 Å². The largest absolute Gasteiger partial charge is 0.394 e. The van der Waals surface area contributed by atoms with E-state index in [9.17, 15) is 9.50 Å². The van der Waals surface area contributed by atoms with Crippen LogP contribution in [0.5, 0.6) is 0 Å². The number of aliphatic hydroxyl groups is 2.